The predicted octanol–water partition coefficient (Wildman–Crippen LogP) is 13.5. The molecule has 1 aromatic carbocycles. The maximum absolute atomic E-state index is 13.2. The molecule has 0 aliphatic carbocycles. The summed E-state index contributed by atoms with van der Waals surface area (Å²) in [6, 6.07) is 6.30. The third kappa shape index (κ3) is 23.0. The Kier molecular flexibility index (Phi) is 30.5. The van der Waals surface area contributed by atoms with Crippen LogP contribution in [0.25, 0.3) is 0 Å². The van der Waals surface area contributed by atoms with Gasteiger partial charge in [0.05, 0.1) is 0 Å². The first-order chi connectivity index (χ1) is 31.3. The van der Waals surface area contributed by atoms with Crippen LogP contribution in [0, 0.1) is 0 Å². The second-order valence-corrected chi connectivity index (χ2v) is 19.5. The molecule has 1 aromatic rings. The molecule has 2 heterocycles. The van der Waals surface area contributed by atoms with Crippen LogP contribution < -0.4 is 11.0 Å². The largest absolute Gasteiger partial charge is 0.338 e. The fourth-order valence-corrected chi connectivity index (χ4v) is 9.57. The van der Waals surface area contributed by atoms with Crippen LogP contribution in [-0.4, -0.2) is 70.8 Å². The molecule has 2 N–H and O–H groups in total. The van der Waals surface area contributed by atoms with Crippen LogP contribution in [0.4, 0.5) is 0 Å². The van der Waals surface area contributed by atoms with Crippen molar-refractivity contribution in [1.29, 1.82) is 0 Å². The van der Waals surface area contributed by atoms with Gasteiger partial charge in [-0.25, -0.2) is 11.0 Å². The van der Waals surface area contributed by atoms with E-state index < -0.39 is 24.0 Å². The first kappa shape index (κ1) is 55.3. The first-order valence-corrected chi connectivity index (χ1v) is 26.9. The van der Waals surface area contributed by atoms with Crippen molar-refractivity contribution in [2.24, 2.45) is 0 Å². The summed E-state index contributed by atoms with van der Waals surface area (Å²) in [5.74, 6) is -1.29. The molecular weight excluding hydrogens is 801 g/mol. The van der Waals surface area contributed by atoms with E-state index >= 15 is 0 Å². The van der Waals surface area contributed by atoms with Crippen LogP contribution >= 0.6 is 0 Å². The molecule has 0 saturated carbocycles. The van der Waals surface area contributed by atoms with Crippen LogP contribution in [0.3, 0.4) is 0 Å². The molecule has 64 heavy (non-hydrogen) atoms. The molecule has 366 valence electrons. The lowest BCUT2D eigenvalue weighted by atomic mass is 10.0. The van der Waals surface area contributed by atoms with Gasteiger partial charge in [0.2, 0.25) is 0 Å². The molecule has 0 bridgehead atoms. The zero-order chi connectivity index (χ0) is 46.0. The monoisotopic (exact) mass is 895 g/mol. The van der Waals surface area contributed by atoms with Crippen molar-refractivity contribution in [3.8, 4) is 0 Å². The first-order valence-electron chi connectivity index (χ1n) is 26.9. The highest BCUT2D eigenvalue weighted by Crippen LogP contribution is 2.24. The topological polar surface area (TPSA) is 117 Å². The Morgan fingerprint density at radius 1 is 0.469 bits per heavy atom. The average molecular weight is 895 g/mol. The lowest BCUT2D eigenvalue weighted by molar-refractivity contribution is -0.141. The molecule has 10 heteroatoms. The van der Waals surface area contributed by atoms with E-state index in [0.29, 0.717) is 25.9 Å². The number of rotatable bonds is 40. The van der Waals surface area contributed by atoms with E-state index in [4.69, 9.17) is 9.68 Å². The Labute approximate surface area is 390 Å². The second kappa shape index (κ2) is 35.2. The van der Waals surface area contributed by atoms with Crippen LogP contribution in [-0.2, 0) is 19.3 Å². The smallest absolute Gasteiger partial charge is 0.274 e. The highest BCUT2D eigenvalue weighted by atomic mass is 16.7. The molecule has 0 radical (unpaired) electrons. The minimum Gasteiger partial charge on any atom is -0.338 e. The Morgan fingerprint density at radius 3 is 1.02 bits per heavy atom. The Morgan fingerprint density at radius 2 is 0.734 bits per heavy atom. The summed E-state index contributed by atoms with van der Waals surface area (Å²) >= 11 is 0. The fourth-order valence-electron chi connectivity index (χ4n) is 9.57. The normalized spacial score (nSPS) is 18.7. The number of unbranched alkanes of at least 4 members (excludes halogenated alkanes) is 30. The Bertz CT molecular complexity index is 1310. The maximum atomic E-state index is 13.2. The molecule has 4 atom stereocenters. The molecule has 2 fully saturated rings. The molecule has 2 saturated heterocycles. The predicted molar refractivity (Wildman–Crippen MR) is 262 cm³/mol. The van der Waals surface area contributed by atoms with Gasteiger partial charge in [0, 0.05) is 49.1 Å². The number of hydrogen-bond donors (Lipinski definition) is 2. The lowest BCUT2D eigenvalue weighted by Crippen LogP contribution is -2.38. The van der Waals surface area contributed by atoms with Gasteiger partial charge in [-0.05, 0) is 44.9 Å². The zero-order valence-electron chi connectivity index (χ0n) is 41.4. The summed E-state index contributed by atoms with van der Waals surface area (Å²) < 4.78 is 0. The van der Waals surface area contributed by atoms with Crippen molar-refractivity contribution in [3.05, 3.63) is 35.4 Å². The quantitative estimate of drug-likeness (QED) is 0.0500. The second-order valence-electron chi connectivity index (χ2n) is 19.5. The standard InChI is InChI=1S/C54H94N4O6/c1-5-7-9-11-13-15-17-19-21-23-25-27-29-31-33-35-40-57-45(3)42-49(53(57)61)63-55-51(59)47-38-37-39-48(44-47)52(60)56-64-50-43-46(4)58(54(50)62)41-36-34-32-30-28-26-24-22-20-18-16-14-12-10-8-6-2/h37-39,44-46,49-50H,5-36,40-43H2,1-4H3,(H,55,59)(H,56,60)/t45?,46?,49-,50-/m1/s1. The van der Waals surface area contributed by atoms with E-state index in [2.05, 4.69) is 24.8 Å². The highest BCUT2D eigenvalue weighted by molar-refractivity contribution is 5.99. The third-order valence-corrected chi connectivity index (χ3v) is 13.8. The SMILES string of the molecule is CCCCCCCCCCCCCCCCCCN1C(=O)[C@H](ONC(=O)c2cccc(C(=O)NO[C@@H]3CC(C)N(CCCCCCCCCCCCCCCCCC)C3=O)c2)CC1C. The van der Waals surface area contributed by atoms with Crippen LogP contribution in [0.5, 0.6) is 0 Å². The molecular formula is C54H94N4O6. The number of hydrogen-bond acceptors (Lipinski definition) is 6. The van der Waals surface area contributed by atoms with E-state index in [1.807, 2.05) is 23.6 Å². The van der Waals surface area contributed by atoms with Gasteiger partial charge >= 0.3 is 0 Å². The Hall–Kier alpha value is -2.98. The Balaban J connectivity index is 1.22. The van der Waals surface area contributed by atoms with E-state index in [1.54, 1.807) is 18.2 Å². The van der Waals surface area contributed by atoms with Gasteiger partial charge in [-0.2, -0.15) is 0 Å². The summed E-state index contributed by atoms with van der Waals surface area (Å²) in [6.45, 7) is 10.0. The molecule has 0 aromatic heterocycles. The van der Waals surface area contributed by atoms with Crippen molar-refractivity contribution >= 4 is 23.6 Å². The van der Waals surface area contributed by atoms with E-state index in [-0.39, 0.29) is 35.0 Å². The minimum atomic E-state index is -0.741. The summed E-state index contributed by atoms with van der Waals surface area (Å²) in [4.78, 5) is 67.5. The molecule has 2 aliphatic rings. The number of amides is 4. The van der Waals surface area contributed by atoms with Crippen molar-refractivity contribution in [2.45, 2.75) is 270 Å². The summed E-state index contributed by atoms with van der Waals surface area (Å²) in [7, 11) is 0. The summed E-state index contributed by atoms with van der Waals surface area (Å²) in [6.07, 6.45) is 41.5. The number of likely N-dealkylation sites (tertiary alicyclic amines) is 2. The number of nitrogens with zero attached hydrogens (tertiary/aromatic N) is 2. The third-order valence-electron chi connectivity index (χ3n) is 13.8. The number of carbonyl (C=O) groups is 4. The summed E-state index contributed by atoms with van der Waals surface area (Å²) in [5, 5.41) is 0. The molecule has 0 spiro atoms. The number of nitrogens with one attached hydrogen (secondary N) is 2. The van der Waals surface area contributed by atoms with Gasteiger partial charge in [0.25, 0.3) is 23.6 Å². The lowest BCUT2D eigenvalue weighted by Gasteiger charge is -2.21. The maximum Gasteiger partial charge on any atom is 0.274 e. The van der Waals surface area contributed by atoms with Crippen molar-refractivity contribution in [2.75, 3.05) is 13.1 Å². The minimum absolute atomic E-state index is 0.0402. The van der Waals surface area contributed by atoms with Crippen molar-refractivity contribution in [3.63, 3.8) is 0 Å². The van der Waals surface area contributed by atoms with E-state index in [0.717, 1.165) is 25.7 Å². The number of hydroxylamine groups is 2. The van der Waals surface area contributed by atoms with Crippen LogP contribution in [0.2, 0.25) is 0 Å². The van der Waals surface area contributed by atoms with Gasteiger partial charge in [-0.3, -0.25) is 28.9 Å². The van der Waals surface area contributed by atoms with Gasteiger partial charge in [-0.1, -0.05) is 213 Å². The van der Waals surface area contributed by atoms with Crippen LogP contribution in [0.15, 0.2) is 24.3 Å². The number of carbonyl (C=O) groups excluding carboxylic acids is 4. The molecule has 10 nitrogen and oxygen atoms in total. The van der Waals surface area contributed by atoms with E-state index in [9.17, 15) is 19.2 Å². The van der Waals surface area contributed by atoms with Gasteiger partial charge < -0.3 is 9.80 Å². The van der Waals surface area contributed by atoms with Crippen molar-refractivity contribution < 1.29 is 28.9 Å². The zero-order valence-corrected chi connectivity index (χ0v) is 41.4. The average Bonchev–Trinajstić information content (AvgIpc) is 3.73. The molecule has 4 amide bonds. The van der Waals surface area contributed by atoms with Crippen molar-refractivity contribution in [1.82, 2.24) is 20.8 Å². The molecule has 2 aliphatic heterocycles. The van der Waals surface area contributed by atoms with Gasteiger partial charge in [0.15, 0.2) is 12.2 Å². The summed E-state index contributed by atoms with van der Waals surface area (Å²) in [5.41, 5.74) is 5.32. The molecule has 3 rings (SSSR count). The van der Waals surface area contributed by atoms with Gasteiger partial charge in [0.1, 0.15) is 0 Å². The highest BCUT2D eigenvalue weighted by Gasteiger charge is 2.39. The number of benzene rings is 1. The van der Waals surface area contributed by atoms with Gasteiger partial charge in [-0.15, -0.1) is 0 Å². The molecule has 2 unspecified atom stereocenters. The fraction of sp³-hybridized carbons (Fsp3) is 0.815. The van der Waals surface area contributed by atoms with Crippen LogP contribution in [0.1, 0.15) is 267 Å². The van der Waals surface area contributed by atoms with E-state index in [1.165, 1.54) is 186 Å².